The van der Waals surface area contributed by atoms with E-state index in [0.717, 1.165) is 15.4 Å². The molecule has 0 fully saturated rings. The maximum atomic E-state index is 14.2. The van der Waals surface area contributed by atoms with Crippen LogP contribution in [-0.4, -0.2) is 58.0 Å². The Hall–Kier alpha value is -4.12. The number of benzene rings is 3. The van der Waals surface area contributed by atoms with Gasteiger partial charge >= 0.3 is 0 Å². The minimum atomic E-state index is -4.32. The van der Waals surface area contributed by atoms with Gasteiger partial charge in [-0.05, 0) is 87.2 Å². The molecule has 0 aliphatic carbocycles. The minimum Gasteiger partial charge on any atom is -0.493 e. The molecule has 2 amide bonds. The second kappa shape index (κ2) is 14.4. The Bertz CT molecular complexity index is 1520. The number of carbonyl (C=O) groups is 2. The Balaban J connectivity index is 2.10. The lowest BCUT2D eigenvalue weighted by atomic mass is 10.1. The van der Waals surface area contributed by atoms with Crippen LogP contribution >= 0.6 is 0 Å². The summed E-state index contributed by atoms with van der Waals surface area (Å²) in [6, 6.07) is 14.0. The molecule has 0 saturated heterocycles. The van der Waals surface area contributed by atoms with Crippen LogP contribution in [0.3, 0.4) is 0 Å². The fraction of sp³-hybridized carbons (Fsp3) is 0.375. The van der Waals surface area contributed by atoms with Gasteiger partial charge in [-0.2, -0.15) is 0 Å². The van der Waals surface area contributed by atoms with Crippen LogP contribution in [0.1, 0.15) is 43.9 Å². The second-order valence-electron chi connectivity index (χ2n) is 10.5. The number of rotatable bonds is 13. The summed E-state index contributed by atoms with van der Waals surface area (Å²) in [4.78, 5) is 28.5. The van der Waals surface area contributed by atoms with E-state index in [2.05, 4.69) is 5.32 Å². The second-order valence-corrected chi connectivity index (χ2v) is 12.4. The number of methoxy groups -OCH3 is 2. The molecule has 0 aliphatic heterocycles. The molecule has 0 unspecified atom stereocenters. The third-order valence-corrected chi connectivity index (χ3v) is 8.92. The van der Waals surface area contributed by atoms with Crippen molar-refractivity contribution in [2.75, 3.05) is 25.1 Å². The minimum absolute atomic E-state index is 0.0364. The van der Waals surface area contributed by atoms with Crippen LogP contribution in [0.4, 0.5) is 10.1 Å². The fourth-order valence-corrected chi connectivity index (χ4v) is 5.98. The molecule has 3 rings (SSSR count). The predicted octanol–water partition coefficient (Wildman–Crippen LogP) is 4.99. The van der Waals surface area contributed by atoms with Gasteiger partial charge < -0.3 is 19.7 Å². The number of aryl methyl sites for hydroxylation is 2. The molecule has 0 aromatic heterocycles. The first-order chi connectivity index (χ1) is 20.3. The highest BCUT2D eigenvalue weighted by Gasteiger charge is 2.33. The van der Waals surface area contributed by atoms with Crippen molar-refractivity contribution in [2.24, 2.45) is 0 Å². The highest BCUT2D eigenvalue weighted by atomic mass is 32.2. The number of amides is 2. The van der Waals surface area contributed by atoms with Gasteiger partial charge in [0.15, 0.2) is 11.5 Å². The molecule has 232 valence electrons. The Morgan fingerprint density at radius 2 is 1.51 bits per heavy atom. The van der Waals surface area contributed by atoms with Gasteiger partial charge in [-0.3, -0.25) is 13.9 Å². The van der Waals surface area contributed by atoms with Crippen molar-refractivity contribution in [2.45, 2.75) is 64.6 Å². The number of halogens is 1. The van der Waals surface area contributed by atoms with Crippen molar-refractivity contribution in [3.05, 3.63) is 83.2 Å². The molecule has 2 atom stereocenters. The van der Waals surface area contributed by atoms with Crippen molar-refractivity contribution in [1.82, 2.24) is 10.2 Å². The van der Waals surface area contributed by atoms with E-state index < -0.39 is 34.3 Å². The maximum absolute atomic E-state index is 14.2. The maximum Gasteiger partial charge on any atom is 0.264 e. The highest BCUT2D eigenvalue weighted by Crippen LogP contribution is 2.33. The van der Waals surface area contributed by atoms with Crippen LogP contribution in [0.2, 0.25) is 0 Å². The van der Waals surface area contributed by atoms with Crippen LogP contribution in [0.25, 0.3) is 0 Å². The Kier molecular flexibility index (Phi) is 11.2. The lowest BCUT2D eigenvalue weighted by Gasteiger charge is -2.32. The molecule has 0 aliphatic rings. The standard InChI is InChI=1S/C32H40FN3O6S/c1-8-23(4)34-32(38)24(5)35(19-25-9-11-26(33)12-10-25)31(37)20-36(27-16-21(2)15-22(3)17-27)43(39,40)28-13-14-29(41-6)30(18-28)42-7/h9-18,23-24H,8,19-20H2,1-7H3,(H,34,38)/t23-,24-/m1/s1. The molecule has 0 radical (unpaired) electrons. The SMILES string of the molecule is CC[C@@H](C)NC(=O)[C@@H](C)N(Cc1ccc(F)cc1)C(=O)CN(c1cc(C)cc(C)c1)S(=O)(=O)c1ccc(OC)c(OC)c1. The van der Waals surface area contributed by atoms with Gasteiger partial charge in [0.2, 0.25) is 11.8 Å². The van der Waals surface area contributed by atoms with Gasteiger partial charge in [0, 0.05) is 18.7 Å². The number of hydrogen-bond donors (Lipinski definition) is 1. The highest BCUT2D eigenvalue weighted by molar-refractivity contribution is 7.92. The molecular weight excluding hydrogens is 573 g/mol. The zero-order chi connectivity index (χ0) is 31.9. The van der Waals surface area contributed by atoms with Crippen LogP contribution in [0.5, 0.6) is 11.5 Å². The topological polar surface area (TPSA) is 105 Å². The Morgan fingerprint density at radius 3 is 2.07 bits per heavy atom. The van der Waals surface area contributed by atoms with E-state index in [1.807, 2.05) is 33.8 Å². The van der Waals surface area contributed by atoms with Gasteiger partial charge in [-0.15, -0.1) is 0 Å². The van der Waals surface area contributed by atoms with E-state index in [0.29, 0.717) is 23.4 Å². The van der Waals surface area contributed by atoms with E-state index in [4.69, 9.17) is 9.47 Å². The van der Waals surface area contributed by atoms with Crippen molar-refractivity contribution in [1.29, 1.82) is 0 Å². The fourth-order valence-electron chi connectivity index (χ4n) is 4.56. The first kappa shape index (κ1) is 33.4. The summed E-state index contributed by atoms with van der Waals surface area (Å²) >= 11 is 0. The van der Waals surface area contributed by atoms with Gasteiger partial charge in [0.1, 0.15) is 18.4 Å². The van der Waals surface area contributed by atoms with Crippen molar-refractivity contribution in [3.63, 3.8) is 0 Å². The van der Waals surface area contributed by atoms with Gasteiger partial charge in [0.25, 0.3) is 10.0 Å². The number of carbonyl (C=O) groups excluding carboxylic acids is 2. The molecule has 43 heavy (non-hydrogen) atoms. The average Bonchev–Trinajstić information content (AvgIpc) is 2.97. The van der Waals surface area contributed by atoms with Crippen LogP contribution in [0.15, 0.2) is 65.6 Å². The molecule has 9 nitrogen and oxygen atoms in total. The number of anilines is 1. The van der Waals surface area contributed by atoms with Crippen LogP contribution in [-0.2, 0) is 26.2 Å². The third-order valence-electron chi connectivity index (χ3n) is 7.15. The normalized spacial score (nSPS) is 12.7. The Labute approximate surface area is 253 Å². The summed E-state index contributed by atoms with van der Waals surface area (Å²) in [5, 5.41) is 2.89. The molecule has 0 heterocycles. The predicted molar refractivity (Wildman–Crippen MR) is 164 cm³/mol. The summed E-state index contributed by atoms with van der Waals surface area (Å²) in [5.41, 5.74) is 2.48. The smallest absolute Gasteiger partial charge is 0.264 e. The summed E-state index contributed by atoms with van der Waals surface area (Å²) in [7, 11) is -1.47. The van der Waals surface area contributed by atoms with Gasteiger partial charge in [-0.1, -0.05) is 25.1 Å². The number of nitrogens with one attached hydrogen (secondary N) is 1. The van der Waals surface area contributed by atoms with E-state index in [1.54, 1.807) is 19.1 Å². The van der Waals surface area contributed by atoms with Crippen molar-refractivity contribution in [3.8, 4) is 11.5 Å². The van der Waals surface area contributed by atoms with Crippen LogP contribution < -0.4 is 19.1 Å². The zero-order valence-corrected chi connectivity index (χ0v) is 26.5. The summed E-state index contributed by atoms with van der Waals surface area (Å²) in [5.74, 6) is -0.873. The third kappa shape index (κ3) is 8.25. The van der Waals surface area contributed by atoms with Crippen molar-refractivity contribution >= 4 is 27.5 Å². The number of sulfonamides is 1. The summed E-state index contributed by atoms with van der Waals surface area (Å²) in [6.07, 6.45) is 0.689. The molecule has 1 N–H and O–H groups in total. The first-order valence-electron chi connectivity index (χ1n) is 14.0. The molecule has 0 spiro atoms. The number of ether oxygens (including phenoxy) is 2. The van der Waals surface area contributed by atoms with E-state index in [9.17, 15) is 22.4 Å². The van der Waals surface area contributed by atoms with E-state index in [1.165, 1.54) is 61.6 Å². The molecule has 0 bridgehead atoms. The molecule has 3 aromatic rings. The number of hydrogen-bond acceptors (Lipinski definition) is 6. The molecule has 0 saturated carbocycles. The molecular formula is C32H40FN3O6S. The van der Waals surface area contributed by atoms with E-state index >= 15 is 0 Å². The molecule has 3 aromatic carbocycles. The summed E-state index contributed by atoms with van der Waals surface area (Å²) < 4.78 is 53.7. The Morgan fingerprint density at radius 1 is 0.907 bits per heavy atom. The average molecular weight is 614 g/mol. The van der Waals surface area contributed by atoms with E-state index in [-0.39, 0.29) is 29.1 Å². The van der Waals surface area contributed by atoms with Gasteiger partial charge in [-0.25, -0.2) is 12.8 Å². The van der Waals surface area contributed by atoms with Gasteiger partial charge in [0.05, 0.1) is 24.8 Å². The monoisotopic (exact) mass is 613 g/mol. The first-order valence-corrected chi connectivity index (χ1v) is 15.4. The summed E-state index contributed by atoms with van der Waals surface area (Å²) in [6.45, 7) is 8.41. The zero-order valence-electron chi connectivity index (χ0n) is 25.7. The number of nitrogens with zero attached hydrogens (tertiary/aromatic N) is 2. The lowest BCUT2D eigenvalue weighted by Crippen LogP contribution is -2.52. The quantitative estimate of drug-likeness (QED) is 0.291. The van der Waals surface area contributed by atoms with Crippen LogP contribution in [0, 0.1) is 19.7 Å². The lowest BCUT2D eigenvalue weighted by molar-refractivity contribution is -0.139. The largest absolute Gasteiger partial charge is 0.493 e. The van der Waals surface area contributed by atoms with Crippen molar-refractivity contribution < 1.29 is 31.9 Å². The molecule has 11 heteroatoms.